The van der Waals surface area contributed by atoms with Crippen LogP contribution in [-0.4, -0.2) is 58.4 Å². The Labute approximate surface area is 219 Å². The number of amides is 1. The van der Waals surface area contributed by atoms with Gasteiger partial charge in [0.15, 0.2) is 0 Å². The van der Waals surface area contributed by atoms with Crippen molar-refractivity contribution in [1.29, 1.82) is 10.7 Å². The molecule has 0 saturated carbocycles. The van der Waals surface area contributed by atoms with Crippen molar-refractivity contribution in [2.45, 2.75) is 38.3 Å². The lowest BCUT2D eigenvalue weighted by molar-refractivity contribution is 0.0713. The molecule has 3 heterocycles. The van der Waals surface area contributed by atoms with Gasteiger partial charge in [-0.25, -0.2) is 9.37 Å². The third-order valence-electron chi connectivity index (χ3n) is 6.11. The van der Waals surface area contributed by atoms with Crippen molar-refractivity contribution >= 4 is 29.3 Å². The predicted octanol–water partition coefficient (Wildman–Crippen LogP) is 4.23. The summed E-state index contributed by atoms with van der Waals surface area (Å²) < 4.78 is 14.5. The summed E-state index contributed by atoms with van der Waals surface area (Å²) in [5.74, 6) is -0.330. The van der Waals surface area contributed by atoms with Crippen molar-refractivity contribution in [1.82, 2.24) is 9.88 Å². The summed E-state index contributed by atoms with van der Waals surface area (Å²) in [6, 6.07) is 9.65. The fourth-order valence-corrected chi connectivity index (χ4v) is 5.34. The number of aliphatic hydroxyl groups is 1. The number of likely N-dealkylation sites (tertiary alicyclic amines) is 1. The number of piperidine rings is 1. The number of nitrogens with two attached hydrogens (primary N) is 1. The maximum atomic E-state index is 14.5. The van der Waals surface area contributed by atoms with Crippen molar-refractivity contribution in [3.8, 4) is 27.6 Å². The van der Waals surface area contributed by atoms with Gasteiger partial charge in [-0.2, -0.15) is 5.26 Å². The molecular weight excluding hydrogens is 491 g/mol. The number of pyridine rings is 1. The lowest BCUT2D eigenvalue weighted by atomic mass is 10.0. The van der Waals surface area contributed by atoms with Crippen molar-refractivity contribution in [3.63, 3.8) is 0 Å². The van der Waals surface area contributed by atoms with E-state index in [4.69, 9.17) is 16.4 Å². The number of aromatic nitrogens is 1. The van der Waals surface area contributed by atoms with Crippen molar-refractivity contribution in [2.24, 2.45) is 5.73 Å². The number of hydrogen-bond donors (Lipinski definition) is 4. The number of rotatable bonds is 7. The molecule has 8 nitrogen and oxygen atoms in total. The van der Waals surface area contributed by atoms with Gasteiger partial charge in [0.1, 0.15) is 17.7 Å². The standard InChI is InChI=1S/C27H29FN6O2S/c1-27(2,36)15-33-25-18(12-30)8-19(13-32-25)24-21(16-5-6-17(11-29)22(28)9-16)10-23(37-24)26(35)34-7-3-4-20(31)14-34/h5-6,8-10,12-13,20,30,36H,3-4,7,14-15,31H2,1-2H3,(H,32,33). The van der Waals surface area contributed by atoms with E-state index in [-0.39, 0.29) is 24.1 Å². The Morgan fingerprint density at radius 1 is 1.41 bits per heavy atom. The molecule has 0 aliphatic carbocycles. The second-order valence-corrected chi connectivity index (χ2v) is 10.8. The summed E-state index contributed by atoms with van der Waals surface area (Å²) in [5.41, 5.74) is 7.38. The van der Waals surface area contributed by atoms with Gasteiger partial charge in [-0.3, -0.25) is 4.79 Å². The summed E-state index contributed by atoms with van der Waals surface area (Å²) in [5, 5.41) is 30.1. The van der Waals surface area contributed by atoms with Crippen LogP contribution in [0, 0.1) is 22.6 Å². The molecule has 4 rings (SSSR count). The topological polar surface area (TPSA) is 139 Å². The largest absolute Gasteiger partial charge is 0.389 e. The summed E-state index contributed by atoms with van der Waals surface area (Å²) in [4.78, 5) is 20.8. The monoisotopic (exact) mass is 520 g/mol. The summed E-state index contributed by atoms with van der Waals surface area (Å²) >= 11 is 1.27. The molecule has 0 radical (unpaired) electrons. The van der Waals surface area contributed by atoms with Gasteiger partial charge in [-0.15, -0.1) is 11.3 Å². The molecule has 192 valence electrons. The van der Waals surface area contributed by atoms with Crippen LogP contribution in [0.1, 0.15) is 47.5 Å². The lowest BCUT2D eigenvalue weighted by Crippen LogP contribution is -2.45. The Kier molecular flexibility index (Phi) is 7.68. The molecule has 1 aliphatic heterocycles. The van der Waals surface area contributed by atoms with E-state index in [1.165, 1.54) is 29.7 Å². The summed E-state index contributed by atoms with van der Waals surface area (Å²) in [7, 11) is 0. The number of benzene rings is 1. The van der Waals surface area contributed by atoms with Crippen LogP contribution in [0.25, 0.3) is 21.6 Å². The van der Waals surface area contributed by atoms with Gasteiger partial charge in [-0.1, -0.05) is 6.07 Å². The number of hydrogen-bond acceptors (Lipinski definition) is 8. The first-order valence-electron chi connectivity index (χ1n) is 12.0. The van der Waals surface area contributed by atoms with Crippen molar-refractivity contribution in [2.75, 3.05) is 25.0 Å². The number of carbonyl (C=O) groups excluding carboxylic acids is 1. The molecule has 1 fully saturated rings. The number of halogens is 1. The predicted molar refractivity (Wildman–Crippen MR) is 143 cm³/mol. The van der Waals surface area contributed by atoms with Gasteiger partial charge >= 0.3 is 0 Å². The smallest absolute Gasteiger partial charge is 0.264 e. The van der Waals surface area contributed by atoms with Crippen molar-refractivity contribution in [3.05, 3.63) is 58.3 Å². The van der Waals surface area contributed by atoms with Gasteiger partial charge < -0.3 is 26.5 Å². The first kappa shape index (κ1) is 26.4. The van der Waals surface area contributed by atoms with Crippen LogP contribution in [0.15, 0.2) is 36.5 Å². The molecule has 37 heavy (non-hydrogen) atoms. The number of anilines is 1. The Morgan fingerprint density at radius 3 is 2.84 bits per heavy atom. The van der Waals surface area contributed by atoms with E-state index >= 15 is 0 Å². The average molecular weight is 521 g/mol. The summed E-state index contributed by atoms with van der Waals surface area (Å²) in [6.07, 6.45) is 4.50. The molecule has 1 unspecified atom stereocenters. The molecular formula is C27H29FN6O2S. The normalized spacial score (nSPS) is 15.8. The Morgan fingerprint density at radius 2 is 2.19 bits per heavy atom. The maximum absolute atomic E-state index is 14.5. The molecule has 10 heteroatoms. The van der Waals surface area contributed by atoms with E-state index in [0.29, 0.717) is 50.9 Å². The van der Waals surface area contributed by atoms with E-state index < -0.39 is 11.4 Å². The molecule has 0 bridgehead atoms. The molecule has 3 aromatic rings. The van der Waals surface area contributed by atoms with Gasteiger partial charge in [-0.05, 0) is 56.5 Å². The van der Waals surface area contributed by atoms with E-state index in [1.807, 2.05) is 6.07 Å². The van der Waals surface area contributed by atoms with Gasteiger partial charge in [0, 0.05) is 59.7 Å². The van der Waals surface area contributed by atoms with Gasteiger partial charge in [0.05, 0.1) is 16.0 Å². The van der Waals surface area contributed by atoms with E-state index in [1.54, 1.807) is 43.1 Å². The summed E-state index contributed by atoms with van der Waals surface area (Å²) in [6.45, 7) is 4.68. The highest BCUT2D eigenvalue weighted by Crippen LogP contribution is 2.41. The Bertz CT molecular complexity index is 1370. The lowest BCUT2D eigenvalue weighted by Gasteiger charge is -2.30. The first-order chi connectivity index (χ1) is 17.6. The van der Waals surface area contributed by atoms with Crippen LogP contribution in [0.2, 0.25) is 0 Å². The van der Waals surface area contributed by atoms with Crippen LogP contribution in [-0.2, 0) is 0 Å². The fourth-order valence-electron chi connectivity index (χ4n) is 4.21. The van der Waals surface area contributed by atoms with Crippen LogP contribution < -0.4 is 11.1 Å². The molecule has 1 atom stereocenters. The Balaban J connectivity index is 1.78. The van der Waals surface area contributed by atoms with Gasteiger partial charge in [0.2, 0.25) is 0 Å². The minimum absolute atomic E-state index is 0.0610. The molecule has 1 amide bonds. The van der Waals surface area contributed by atoms with Crippen LogP contribution in [0.4, 0.5) is 10.2 Å². The van der Waals surface area contributed by atoms with Gasteiger partial charge in [0.25, 0.3) is 5.91 Å². The minimum Gasteiger partial charge on any atom is -0.389 e. The second-order valence-electron chi connectivity index (χ2n) is 9.79. The highest BCUT2D eigenvalue weighted by molar-refractivity contribution is 7.18. The zero-order chi connectivity index (χ0) is 26.7. The van der Waals surface area contributed by atoms with Crippen molar-refractivity contribution < 1.29 is 14.3 Å². The molecule has 0 spiro atoms. The highest BCUT2D eigenvalue weighted by Gasteiger charge is 2.26. The van der Waals surface area contributed by atoms with E-state index in [0.717, 1.165) is 12.8 Å². The zero-order valence-electron chi connectivity index (χ0n) is 20.7. The van der Waals surface area contributed by atoms with E-state index in [9.17, 15) is 14.3 Å². The molecule has 5 N–H and O–H groups in total. The maximum Gasteiger partial charge on any atom is 0.264 e. The molecule has 1 aromatic carbocycles. The molecule has 2 aromatic heterocycles. The highest BCUT2D eigenvalue weighted by atomic mass is 32.1. The number of nitrogens with one attached hydrogen (secondary N) is 2. The first-order valence-corrected chi connectivity index (χ1v) is 12.8. The van der Waals surface area contributed by atoms with E-state index in [2.05, 4.69) is 10.3 Å². The third-order valence-corrected chi connectivity index (χ3v) is 7.28. The number of carbonyl (C=O) groups is 1. The Hall–Kier alpha value is -3.65. The quantitative estimate of drug-likeness (QED) is 0.344. The third kappa shape index (κ3) is 6.02. The van der Waals surface area contributed by atoms with Crippen LogP contribution in [0.5, 0.6) is 0 Å². The number of nitriles is 1. The SMILES string of the molecule is CC(C)(O)CNc1ncc(-c2sc(C(=O)N3CCCC(N)C3)cc2-c2ccc(C#N)c(F)c2)cc1C=N. The average Bonchev–Trinajstić information content (AvgIpc) is 3.32. The van der Waals surface area contributed by atoms with Crippen LogP contribution >= 0.6 is 11.3 Å². The number of nitrogens with zero attached hydrogens (tertiary/aromatic N) is 3. The van der Waals surface area contributed by atoms with Crippen LogP contribution in [0.3, 0.4) is 0 Å². The second kappa shape index (κ2) is 10.8. The molecule has 1 saturated heterocycles. The minimum atomic E-state index is -0.966. The molecule has 1 aliphatic rings. The zero-order valence-corrected chi connectivity index (χ0v) is 21.5. The fraction of sp³-hybridized carbons (Fsp3) is 0.333. The number of thiophene rings is 1.